The van der Waals surface area contributed by atoms with E-state index >= 15 is 0 Å². The molecule has 1 aliphatic heterocycles. The molecule has 0 spiro atoms. The number of hydrogen-bond donors (Lipinski definition) is 2. The van der Waals surface area contributed by atoms with Crippen LogP contribution in [0.2, 0.25) is 0 Å². The van der Waals surface area contributed by atoms with Gasteiger partial charge in [-0.25, -0.2) is 0 Å². The van der Waals surface area contributed by atoms with Gasteiger partial charge in [0.15, 0.2) is 0 Å². The maximum absolute atomic E-state index is 12.8. The average Bonchev–Trinajstić information content (AvgIpc) is 2.88. The molecule has 0 radical (unpaired) electrons. The van der Waals surface area contributed by atoms with Gasteiger partial charge < -0.3 is 16.0 Å². The smallest absolute Gasteiger partial charge is 0.255 e. The number of nitrogens with one attached hydrogen (secondary N) is 1. The highest BCUT2D eigenvalue weighted by molar-refractivity contribution is 6.00. The highest BCUT2D eigenvalue weighted by Gasteiger charge is 2.37. The van der Waals surface area contributed by atoms with E-state index in [2.05, 4.69) is 11.4 Å². The quantitative estimate of drug-likeness (QED) is 0.604. The van der Waals surface area contributed by atoms with Crippen LogP contribution in [-0.4, -0.2) is 30.4 Å². The number of nitrogens with two attached hydrogens (primary N) is 1. The van der Waals surface area contributed by atoms with Crippen molar-refractivity contribution in [1.82, 2.24) is 10.2 Å². The highest BCUT2D eigenvalue weighted by Crippen LogP contribution is 2.40. The van der Waals surface area contributed by atoms with Gasteiger partial charge in [0.2, 0.25) is 0 Å². The molecule has 0 bridgehead atoms. The Morgan fingerprint density at radius 1 is 1.19 bits per heavy atom. The maximum Gasteiger partial charge on any atom is 0.255 e. The first kappa shape index (κ1) is 21.8. The summed E-state index contributed by atoms with van der Waals surface area (Å²) < 4.78 is 0. The second-order valence-corrected chi connectivity index (χ2v) is 5.80. The van der Waals surface area contributed by atoms with Crippen LogP contribution in [0.1, 0.15) is 40.0 Å². The van der Waals surface area contributed by atoms with Crippen molar-refractivity contribution in [2.24, 2.45) is 0 Å². The summed E-state index contributed by atoms with van der Waals surface area (Å²) in [6, 6.07) is 14.7. The Hall–Kier alpha value is -2.26. The molecule has 2 aromatic rings. The van der Waals surface area contributed by atoms with Crippen molar-refractivity contribution in [3.63, 3.8) is 0 Å². The van der Waals surface area contributed by atoms with Crippen molar-refractivity contribution in [2.75, 3.05) is 25.4 Å². The Kier molecular flexibility index (Phi) is 7.91. The number of hydrogen-bond acceptors (Lipinski definition) is 4. The van der Waals surface area contributed by atoms with Gasteiger partial charge in [0.05, 0.1) is 17.7 Å². The summed E-state index contributed by atoms with van der Waals surface area (Å²) in [7, 11) is 0. The zero-order valence-corrected chi connectivity index (χ0v) is 16.1. The first-order valence-corrected chi connectivity index (χ1v) is 8.07. The summed E-state index contributed by atoms with van der Waals surface area (Å²) in [6.07, 6.45) is 0. The predicted molar refractivity (Wildman–Crippen MR) is 108 cm³/mol. The molecule has 5 nitrogen and oxygen atoms in total. The van der Waals surface area contributed by atoms with Crippen LogP contribution < -0.4 is 11.1 Å². The number of nitrogen functional groups attached to an aromatic ring is 1. The molecule has 0 saturated heterocycles. The molecule has 26 heavy (non-hydrogen) atoms. The van der Waals surface area contributed by atoms with Crippen LogP contribution in [-0.2, 0) is 0 Å². The summed E-state index contributed by atoms with van der Waals surface area (Å²) in [5, 5.41) is 12.5. The van der Waals surface area contributed by atoms with E-state index in [1.54, 1.807) is 18.2 Å². The second kappa shape index (κ2) is 9.44. The molecule has 0 aromatic heterocycles. The van der Waals surface area contributed by atoms with Crippen molar-refractivity contribution in [3.05, 3.63) is 64.7 Å². The molecule has 3 N–H and O–H groups in total. The van der Waals surface area contributed by atoms with Gasteiger partial charge in [0.25, 0.3) is 5.91 Å². The van der Waals surface area contributed by atoms with Crippen LogP contribution in [0.25, 0.3) is 0 Å². The number of carbonyl (C=O) groups is 1. The van der Waals surface area contributed by atoms with Crippen molar-refractivity contribution < 1.29 is 4.79 Å². The molecule has 0 aliphatic carbocycles. The van der Waals surface area contributed by atoms with Gasteiger partial charge in [0.1, 0.15) is 0 Å². The first-order chi connectivity index (χ1) is 11.7. The zero-order chi connectivity index (χ0) is 17.1. The molecule has 3 rings (SSSR count). The van der Waals surface area contributed by atoms with Gasteiger partial charge in [-0.3, -0.25) is 4.79 Å². The lowest BCUT2D eigenvalue weighted by Crippen LogP contribution is -2.35. The Labute approximate surface area is 166 Å². The van der Waals surface area contributed by atoms with Gasteiger partial charge in [-0.2, -0.15) is 5.26 Å². The highest BCUT2D eigenvalue weighted by atomic mass is 35.5. The molecule has 1 amide bonds. The lowest BCUT2D eigenvalue weighted by molar-refractivity contribution is 0.0752. The molecule has 7 heteroatoms. The summed E-state index contributed by atoms with van der Waals surface area (Å²) in [4.78, 5) is 14.7. The molecule has 1 unspecified atom stereocenters. The fourth-order valence-electron chi connectivity index (χ4n) is 3.19. The van der Waals surface area contributed by atoms with Gasteiger partial charge in [0, 0.05) is 29.9 Å². The topological polar surface area (TPSA) is 82.2 Å². The average molecular weight is 393 g/mol. The zero-order valence-electron chi connectivity index (χ0n) is 14.4. The third kappa shape index (κ3) is 3.94. The number of halogens is 2. The van der Waals surface area contributed by atoms with E-state index in [4.69, 9.17) is 5.73 Å². The summed E-state index contributed by atoms with van der Waals surface area (Å²) >= 11 is 0. The van der Waals surface area contributed by atoms with E-state index < -0.39 is 0 Å². The van der Waals surface area contributed by atoms with Crippen molar-refractivity contribution in [3.8, 4) is 6.07 Å². The third-order valence-electron chi connectivity index (χ3n) is 4.35. The van der Waals surface area contributed by atoms with Crippen molar-refractivity contribution in [2.45, 2.75) is 13.0 Å². The number of carbonyl (C=O) groups excluding carboxylic acids is 1. The van der Waals surface area contributed by atoms with Crippen LogP contribution in [0, 0.1) is 11.3 Å². The number of benzene rings is 2. The minimum absolute atomic E-state index is 0. The van der Waals surface area contributed by atoms with Crippen molar-refractivity contribution in [1.29, 1.82) is 5.26 Å². The molecule has 1 atom stereocenters. The number of anilines is 1. The normalized spacial score (nSPS) is 14.8. The number of likely N-dealkylation sites (N-methyl/N-ethyl adjacent to an activating group) is 1. The SMILES string of the molecule is CCNCCN1C(=O)c2ccccc2C1c1cc(C#N)ccc1N.Cl.Cl. The monoisotopic (exact) mass is 392 g/mol. The lowest BCUT2D eigenvalue weighted by Gasteiger charge is -2.27. The van der Waals surface area contributed by atoms with E-state index in [1.807, 2.05) is 36.1 Å². The van der Waals surface area contributed by atoms with Gasteiger partial charge in [-0.1, -0.05) is 25.1 Å². The predicted octanol–water partition coefficient (Wildman–Crippen LogP) is 3.14. The molecule has 2 aromatic carbocycles. The fraction of sp³-hybridized carbons (Fsp3) is 0.263. The van der Waals surface area contributed by atoms with Crippen LogP contribution in [0.3, 0.4) is 0 Å². The Morgan fingerprint density at radius 3 is 2.62 bits per heavy atom. The van der Waals surface area contributed by atoms with E-state index in [9.17, 15) is 10.1 Å². The Bertz CT molecular complexity index is 819. The largest absolute Gasteiger partial charge is 0.398 e. The first-order valence-electron chi connectivity index (χ1n) is 8.07. The number of rotatable bonds is 5. The Morgan fingerprint density at radius 2 is 1.92 bits per heavy atom. The standard InChI is InChI=1S/C19H20N4O.2ClH/c1-2-22-9-10-23-18(14-5-3-4-6-15(14)19(23)24)16-11-13(12-20)7-8-17(16)21;;/h3-8,11,18,22H,2,9-10,21H2,1H3;2*1H. The molecule has 138 valence electrons. The maximum atomic E-state index is 12.8. The van der Waals surface area contributed by atoms with E-state index in [0.717, 1.165) is 17.7 Å². The van der Waals surface area contributed by atoms with Gasteiger partial charge in [-0.05, 0) is 36.4 Å². The fourth-order valence-corrected chi connectivity index (χ4v) is 3.19. The molecular formula is C19H22Cl2N4O. The minimum Gasteiger partial charge on any atom is -0.398 e. The van der Waals surface area contributed by atoms with Gasteiger partial charge in [-0.15, -0.1) is 24.8 Å². The van der Waals surface area contributed by atoms with Crippen LogP contribution in [0.15, 0.2) is 42.5 Å². The van der Waals surface area contributed by atoms with E-state index in [1.165, 1.54) is 0 Å². The van der Waals surface area contributed by atoms with E-state index in [-0.39, 0.29) is 36.8 Å². The van der Waals surface area contributed by atoms with Crippen molar-refractivity contribution >= 4 is 36.4 Å². The van der Waals surface area contributed by atoms with Crippen LogP contribution in [0.5, 0.6) is 0 Å². The Balaban J connectivity index is 0.00000169. The number of nitrogens with zero attached hydrogens (tertiary/aromatic N) is 2. The van der Waals surface area contributed by atoms with E-state index in [0.29, 0.717) is 29.9 Å². The molecule has 0 fully saturated rings. The number of amides is 1. The minimum atomic E-state index is -0.249. The number of fused-ring (bicyclic) bond motifs is 1. The summed E-state index contributed by atoms with van der Waals surface area (Å²) in [6.45, 7) is 4.19. The second-order valence-electron chi connectivity index (χ2n) is 5.80. The molecule has 0 saturated carbocycles. The molecule has 1 heterocycles. The molecule has 1 aliphatic rings. The van der Waals surface area contributed by atoms with Gasteiger partial charge >= 0.3 is 0 Å². The third-order valence-corrected chi connectivity index (χ3v) is 4.35. The summed E-state index contributed by atoms with van der Waals surface area (Å²) in [5.41, 5.74) is 9.78. The van der Waals surface area contributed by atoms with Crippen LogP contribution in [0.4, 0.5) is 5.69 Å². The number of nitriles is 1. The molecular weight excluding hydrogens is 371 g/mol. The lowest BCUT2D eigenvalue weighted by atomic mass is 9.95. The van der Waals surface area contributed by atoms with Crippen LogP contribution >= 0.6 is 24.8 Å². The summed E-state index contributed by atoms with van der Waals surface area (Å²) in [5.74, 6) is 0.00950.